The zero-order valence-electron chi connectivity index (χ0n) is 25.4. The van der Waals surface area contributed by atoms with E-state index in [2.05, 4.69) is 131 Å². The van der Waals surface area contributed by atoms with Gasteiger partial charge in [0.15, 0.2) is 0 Å². The van der Waals surface area contributed by atoms with E-state index in [-0.39, 0.29) is 17.9 Å². The van der Waals surface area contributed by atoms with Gasteiger partial charge in [0.1, 0.15) is 17.0 Å². The number of hydrogen-bond acceptors (Lipinski definition) is 4. The number of fused-ring (bicyclic) bond motifs is 8. The van der Waals surface area contributed by atoms with Crippen molar-refractivity contribution in [2.45, 2.75) is 12.5 Å². The molecule has 1 aliphatic heterocycles. The van der Waals surface area contributed by atoms with Gasteiger partial charge >= 0.3 is 0 Å². The van der Waals surface area contributed by atoms with Crippen LogP contribution in [0.1, 0.15) is 6.42 Å². The molecule has 0 fully saturated rings. The van der Waals surface area contributed by atoms with Gasteiger partial charge in [0.05, 0.1) is 40.9 Å². The zero-order valence-corrected chi connectivity index (χ0v) is 25.4. The van der Waals surface area contributed by atoms with Crippen molar-refractivity contribution in [3.63, 3.8) is 0 Å². The van der Waals surface area contributed by atoms with Crippen LogP contribution in [0.3, 0.4) is 0 Å². The van der Waals surface area contributed by atoms with Crippen LogP contribution in [0, 0.1) is 23.2 Å². The number of rotatable bonds is 3. The number of benzene rings is 4. The third kappa shape index (κ3) is 3.79. The van der Waals surface area contributed by atoms with E-state index in [0.29, 0.717) is 0 Å². The highest BCUT2D eigenvalue weighted by molar-refractivity contribution is 6.13. The van der Waals surface area contributed by atoms with Crippen molar-refractivity contribution in [3.8, 4) is 23.0 Å². The molecule has 0 saturated heterocycles. The molecule has 0 amide bonds. The van der Waals surface area contributed by atoms with E-state index < -0.39 is 0 Å². The number of nitriles is 1. The van der Waals surface area contributed by atoms with E-state index >= 15 is 0 Å². The molecule has 3 aromatic heterocycles. The topological polar surface area (TPSA) is 58.0 Å². The van der Waals surface area contributed by atoms with Gasteiger partial charge in [-0.1, -0.05) is 91.0 Å². The first kappa shape index (κ1) is 26.1. The Balaban J connectivity index is 1.08. The zero-order chi connectivity index (χ0) is 31.1. The predicted octanol–water partition coefficient (Wildman–Crippen LogP) is 10.0. The summed E-state index contributed by atoms with van der Waals surface area (Å²) in [7, 11) is 0. The maximum atomic E-state index is 9.62. The van der Waals surface area contributed by atoms with Gasteiger partial charge in [-0.2, -0.15) is 5.26 Å². The fourth-order valence-electron chi connectivity index (χ4n) is 8.01. The lowest BCUT2D eigenvalue weighted by Crippen LogP contribution is -2.32. The first-order valence-electron chi connectivity index (χ1n) is 16.1. The molecule has 0 bridgehead atoms. The van der Waals surface area contributed by atoms with Crippen LogP contribution in [-0.2, 0) is 0 Å². The van der Waals surface area contributed by atoms with Gasteiger partial charge in [0, 0.05) is 38.7 Å². The maximum Gasteiger partial charge on any atom is 0.143 e. The number of anilines is 1. The Morgan fingerprint density at radius 2 is 1.60 bits per heavy atom. The van der Waals surface area contributed by atoms with E-state index in [4.69, 9.17) is 9.40 Å². The summed E-state index contributed by atoms with van der Waals surface area (Å²) < 4.78 is 8.66. The maximum absolute atomic E-state index is 9.62. The molecule has 3 atom stereocenters. The van der Waals surface area contributed by atoms with Gasteiger partial charge in [-0.15, -0.1) is 0 Å². The van der Waals surface area contributed by atoms with Crippen molar-refractivity contribution in [2.75, 3.05) is 4.90 Å². The molecule has 0 radical (unpaired) electrons. The molecular formula is C42H28N4O. The van der Waals surface area contributed by atoms with E-state index in [1.807, 2.05) is 24.4 Å². The minimum Gasteiger partial charge on any atom is -0.455 e. The Morgan fingerprint density at radius 3 is 2.49 bits per heavy atom. The van der Waals surface area contributed by atoms with Crippen LogP contribution in [-0.4, -0.2) is 15.6 Å². The second-order valence-electron chi connectivity index (χ2n) is 12.6. The summed E-state index contributed by atoms with van der Waals surface area (Å²) in [4.78, 5) is 7.47. The fraction of sp³-hybridized carbons (Fsp3) is 0.0952. The molecule has 3 aliphatic rings. The highest BCUT2D eigenvalue weighted by Crippen LogP contribution is 2.46. The lowest BCUT2D eigenvalue weighted by Gasteiger charge is -2.30. The van der Waals surface area contributed by atoms with E-state index in [1.165, 1.54) is 22.0 Å². The van der Waals surface area contributed by atoms with Gasteiger partial charge in [-0.25, -0.2) is 4.98 Å². The minimum absolute atomic E-state index is 0.0726. The molecule has 5 heteroatoms. The molecular weight excluding hydrogens is 576 g/mol. The average molecular weight is 605 g/mol. The number of nitrogens with zero attached hydrogens (tertiary/aromatic N) is 4. The molecule has 0 N–H and O–H groups in total. The quantitative estimate of drug-likeness (QED) is 0.201. The predicted molar refractivity (Wildman–Crippen MR) is 189 cm³/mol. The van der Waals surface area contributed by atoms with Crippen LogP contribution in [0.2, 0.25) is 0 Å². The highest BCUT2D eigenvalue weighted by atomic mass is 16.3. The van der Waals surface area contributed by atoms with Gasteiger partial charge in [-0.05, 0) is 60.0 Å². The van der Waals surface area contributed by atoms with Crippen LogP contribution >= 0.6 is 0 Å². The first-order valence-corrected chi connectivity index (χ1v) is 16.1. The summed E-state index contributed by atoms with van der Waals surface area (Å²) in [6.45, 7) is 0. The van der Waals surface area contributed by atoms with Gasteiger partial charge < -0.3 is 9.32 Å². The second kappa shape index (κ2) is 9.94. The van der Waals surface area contributed by atoms with Crippen LogP contribution in [0.5, 0.6) is 0 Å². The number of pyridine rings is 1. The van der Waals surface area contributed by atoms with Crippen LogP contribution in [0.25, 0.3) is 60.7 Å². The first-order chi connectivity index (χ1) is 23.3. The van der Waals surface area contributed by atoms with Crippen molar-refractivity contribution in [1.29, 1.82) is 5.26 Å². The van der Waals surface area contributed by atoms with Crippen LogP contribution < -0.4 is 4.90 Å². The Bertz CT molecular complexity index is 2590. The largest absolute Gasteiger partial charge is 0.455 e. The van der Waals surface area contributed by atoms with E-state index in [1.54, 1.807) is 0 Å². The van der Waals surface area contributed by atoms with Crippen molar-refractivity contribution >= 4 is 49.4 Å². The second-order valence-corrected chi connectivity index (χ2v) is 12.6. The minimum atomic E-state index is -0.0726. The molecule has 5 nitrogen and oxygen atoms in total. The normalized spacial score (nSPS) is 20.1. The lowest BCUT2D eigenvalue weighted by molar-refractivity contribution is 0.639. The Labute approximate surface area is 271 Å². The van der Waals surface area contributed by atoms with Gasteiger partial charge in [0.2, 0.25) is 0 Å². The Kier molecular flexibility index (Phi) is 5.53. The summed E-state index contributed by atoms with van der Waals surface area (Å²) >= 11 is 0. The van der Waals surface area contributed by atoms with Crippen molar-refractivity contribution < 1.29 is 4.42 Å². The average Bonchev–Trinajstić information content (AvgIpc) is 3.79. The molecule has 2 aliphatic carbocycles. The number of hydrogen-bond donors (Lipinski definition) is 0. The molecule has 4 heterocycles. The summed E-state index contributed by atoms with van der Waals surface area (Å²) in [5.74, 6) is 1.07. The van der Waals surface area contributed by atoms with Crippen molar-refractivity contribution in [3.05, 3.63) is 151 Å². The molecule has 222 valence electrons. The number of aromatic nitrogens is 2. The summed E-state index contributed by atoms with van der Waals surface area (Å²) in [6.07, 6.45) is 15.7. The third-order valence-corrected chi connectivity index (χ3v) is 10.1. The summed E-state index contributed by atoms with van der Waals surface area (Å²) in [5.41, 5.74) is 9.83. The SMILES string of the molecule is N#CC1C=CC2=C(C1)C1C=CC=CC1N2c1ccc(-n2c3ccccc3c3cc(-c4cccc5c4oc4ccccc45)ccc32)nc1. The van der Waals surface area contributed by atoms with Crippen molar-refractivity contribution in [1.82, 2.24) is 9.55 Å². The standard InChI is InChI=1S/C42H28N4O/c43-24-26-16-19-38-34(22-26)30-8-1-4-13-36(30)45(38)28-18-21-41(44-25-28)46-37-14-5-2-9-31(37)35-23-27(17-20-39(35)46)29-11-7-12-33-32-10-3-6-15-40(32)47-42(29)33/h1-21,23,25-26,30,36H,22H2. The molecule has 0 spiro atoms. The summed E-state index contributed by atoms with van der Waals surface area (Å²) in [6, 6.07) is 36.8. The Morgan fingerprint density at radius 1 is 0.766 bits per heavy atom. The van der Waals surface area contributed by atoms with Crippen LogP contribution in [0.4, 0.5) is 5.69 Å². The third-order valence-electron chi connectivity index (χ3n) is 10.1. The van der Waals surface area contributed by atoms with E-state index in [0.717, 1.165) is 62.0 Å². The Hall–Kier alpha value is -6.12. The molecule has 10 rings (SSSR count). The van der Waals surface area contributed by atoms with E-state index in [9.17, 15) is 5.26 Å². The number of para-hydroxylation sites is 3. The number of furan rings is 1. The molecule has 7 aromatic rings. The molecule has 4 aromatic carbocycles. The molecule has 47 heavy (non-hydrogen) atoms. The van der Waals surface area contributed by atoms with Crippen LogP contribution in [0.15, 0.2) is 155 Å². The van der Waals surface area contributed by atoms with Gasteiger partial charge in [0.25, 0.3) is 0 Å². The lowest BCUT2D eigenvalue weighted by atomic mass is 9.84. The van der Waals surface area contributed by atoms with Gasteiger partial charge in [-0.3, -0.25) is 4.57 Å². The molecule has 0 saturated carbocycles. The monoisotopic (exact) mass is 604 g/mol. The van der Waals surface area contributed by atoms with Crippen molar-refractivity contribution in [2.24, 2.45) is 11.8 Å². The fourth-order valence-corrected chi connectivity index (χ4v) is 8.01. The molecule has 3 unspecified atom stereocenters. The highest BCUT2D eigenvalue weighted by Gasteiger charge is 2.40. The smallest absolute Gasteiger partial charge is 0.143 e. The summed E-state index contributed by atoms with van der Waals surface area (Å²) in [5, 5.41) is 14.2. The number of allylic oxidation sites excluding steroid dienone is 4.